The van der Waals surface area contributed by atoms with Crippen molar-refractivity contribution in [2.45, 2.75) is 32.8 Å². The summed E-state index contributed by atoms with van der Waals surface area (Å²) in [5.41, 5.74) is 0.342. The van der Waals surface area contributed by atoms with Crippen LogP contribution in [0.2, 0.25) is 0 Å². The van der Waals surface area contributed by atoms with Gasteiger partial charge in [0.15, 0.2) is 0 Å². The Labute approximate surface area is 156 Å². The molecule has 3 rings (SSSR count). The van der Waals surface area contributed by atoms with E-state index in [9.17, 15) is 13.2 Å². The first-order valence-electron chi connectivity index (χ1n) is 8.95. The highest BCUT2D eigenvalue weighted by molar-refractivity contribution is 5.84. The Kier molecular flexibility index (Phi) is 5.59. The number of hydrogen-bond donors (Lipinski definition) is 0. The summed E-state index contributed by atoms with van der Waals surface area (Å²) >= 11 is 0. The first-order valence-corrected chi connectivity index (χ1v) is 8.95. The second-order valence-corrected chi connectivity index (χ2v) is 6.28. The number of hydrogen-bond acceptors (Lipinski definition) is 2. The fraction of sp³-hybridized carbons (Fsp3) is 0.273. The molecule has 0 saturated heterocycles. The van der Waals surface area contributed by atoms with Crippen molar-refractivity contribution >= 4 is 10.8 Å². The summed E-state index contributed by atoms with van der Waals surface area (Å²) in [6.45, 7) is 4.25. The SMILES string of the molecule is CCCc1cc2ccc(OC(F)(F)c3ccc(OCC)cc3)cc2cc1F. The van der Waals surface area contributed by atoms with Gasteiger partial charge in [0, 0.05) is 0 Å². The normalized spacial score (nSPS) is 11.6. The lowest BCUT2D eigenvalue weighted by Gasteiger charge is -2.19. The van der Waals surface area contributed by atoms with Gasteiger partial charge in [-0.25, -0.2) is 4.39 Å². The van der Waals surface area contributed by atoms with E-state index in [4.69, 9.17) is 9.47 Å². The van der Waals surface area contributed by atoms with E-state index in [2.05, 4.69) is 0 Å². The summed E-state index contributed by atoms with van der Waals surface area (Å²) < 4.78 is 53.2. The summed E-state index contributed by atoms with van der Waals surface area (Å²) in [4.78, 5) is 0. The average Bonchev–Trinajstić information content (AvgIpc) is 2.63. The quantitative estimate of drug-likeness (QED) is 0.473. The molecule has 27 heavy (non-hydrogen) atoms. The lowest BCUT2D eigenvalue weighted by Crippen LogP contribution is -2.21. The molecule has 0 radical (unpaired) electrons. The van der Waals surface area contributed by atoms with Gasteiger partial charge >= 0.3 is 6.11 Å². The molecule has 142 valence electrons. The molecule has 3 aromatic carbocycles. The third kappa shape index (κ3) is 4.35. The molecule has 0 spiro atoms. The van der Waals surface area contributed by atoms with Crippen LogP contribution in [0.5, 0.6) is 11.5 Å². The molecule has 0 bridgehead atoms. The van der Waals surface area contributed by atoms with Gasteiger partial charge < -0.3 is 9.47 Å². The molecule has 0 unspecified atom stereocenters. The van der Waals surface area contributed by atoms with Crippen LogP contribution in [0, 0.1) is 5.82 Å². The highest BCUT2D eigenvalue weighted by Gasteiger charge is 2.34. The van der Waals surface area contributed by atoms with E-state index in [1.165, 1.54) is 42.5 Å². The minimum Gasteiger partial charge on any atom is -0.494 e. The Bertz CT molecular complexity index is 921. The summed E-state index contributed by atoms with van der Waals surface area (Å²) in [6, 6.07) is 13.2. The minimum atomic E-state index is -3.51. The van der Waals surface area contributed by atoms with Crippen LogP contribution < -0.4 is 9.47 Å². The lowest BCUT2D eigenvalue weighted by atomic mass is 10.0. The van der Waals surface area contributed by atoms with E-state index in [-0.39, 0.29) is 17.1 Å². The highest BCUT2D eigenvalue weighted by Crippen LogP contribution is 2.34. The smallest absolute Gasteiger partial charge is 0.426 e. The van der Waals surface area contributed by atoms with Crippen molar-refractivity contribution in [1.82, 2.24) is 0 Å². The third-order valence-electron chi connectivity index (χ3n) is 4.24. The van der Waals surface area contributed by atoms with Crippen LogP contribution in [0.4, 0.5) is 13.2 Å². The maximum atomic E-state index is 14.5. The van der Waals surface area contributed by atoms with E-state index in [0.29, 0.717) is 29.7 Å². The van der Waals surface area contributed by atoms with E-state index < -0.39 is 6.11 Å². The van der Waals surface area contributed by atoms with Crippen LogP contribution in [-0.4, -0.2) is 6.61 Å². The zero-order valence-electron chi connectivity index (χ0n) is 15.3. The minimum absolute atomic E-state index is 0.0240. The van der Waals surface area contributed by atoms with E-state index in [1.54, 1.807) is 12.1 Å². The van der Waals surface area contributed by atoms with Gasteiger partial charge in [-0.05, 0) is 78.2 Å². The molecule has 0 aliphatic carbocycles. The van der Waals surface area contributed by atoms with Crippen molar-refractivity contribution < 1.29 is 22.6 Å². The largest absolute Gasteiger partial charge is 0.494 e. The van der Waals surface area contributed by atoms with Crippen LogP contribution >= 0.6 is 0 Å². The monoisotopic (exact) mass is 374 g/mol. The van der Waals surface area contributed by atoms with Gasteiger partial charge in [0.05, 0.1) is 12.2 Å². The molecule has 2 nitrogen and oxygen atoms in total. The van der Waals surface area contributed by atoms with Gasteiger partial charge in [0.25, 0.3) is 0 Å². The molecular weight excluding hydrogens is 353 g/mol. The molecule has 0 atom stereocenters. The van der Waals surface area contributed by atoms with Crippen molar-refractivity contribution in [1.29, 1.82) is 0 Å². The third-order valence-corrected chi connectivity index (χ3v) is 4.24. The Morgan fingerprint density at radius 3 is 2.22 bits per heavy atom. The van der Waals surface area contributed by atoms with Gasteiger partial charge in [-0.1, -0.05) is 19.4 Å². The maximum absolute atomic E-state index is 14.5. The van der Waals surface area contributed by atoms with Gasteiger partial charge in [-0.15, -0.1) is 0 Å². The van der Waals surface area contributed by atoms with E-state index >= 15 is 0 Å². The van der Waals surface area contributed by atoms with Crippen molar-refractivity contribution in [2.24, 2.45) is 0 Å². The zero-order valence-corrected chi connectivity index (χ0v) is 15.3. The standard InChI is InChI=1S/C22H21F3O2/c1-3-5-16-12-15-6-9-20(13-17(15)14-21(16)23)27-22(24,25)18-7-10-19(11-8-18)26-4-2/h6-14H,3-5H2,1-2H3. The number of halogens is 3. The number of ether oxygens (including phenoxy) is 2. The van der Waals surface area contributed by atoms with Crippen molar-refractivity contribution in [2.75, 3.05) is 6.61 Å². The number of benzene rings is 3. The van der Waals surface area contributed by atoms with Crippen LogP contribution in [0.3, 0.4) is 0 Å². The van der Waals surface area contributed by atoms with Crippen LogP contribution in [0.1, 0.15) is 31.4 Å². The molecule has 0 aliphatic heterocycles. The van der Waals surface area contributed by atoms with Gasteiger partial charge in [-0.2, -0.15) is 8.78 Å². The van der Waals surface area contributed by atoms with Gasteiger partial charge in [-0.3, -0.25) is 0 Å². The maximum Gasteiger partial charge on any atom is 0.426 e. The van der Waals surface area contributed by atoms with Gasteiger partial charge in [0.2, 0.25) is 0 Å². The molecule has 0 fully saturated rings. The summed E-state index contributed by atoms with van der Waals surface area (Å²) in [7, 11) is 0. The molecule has 0 aromatic heterocycles. The number of fused-ring (bicyclic) bond motifs is 1. The fourth-order valence-corrected chi connectivity index (χ4v) is 2.94. The Morgan fingerprint density at radius 1 is 0.852 bits per heavy atom. The van der Waals surface area contributed by atoms with Crippen molar-refractivity contribution in [3.63, 3.8) is 0 Å². The van der Waals surface area contributed by atoms with Gasteiger partial charge in [0.1, 0.15) is 17.3 Å². The Morgan fingerprint density at radius 2 is 1.56 bits per heavy atom. The molecule has 5 heteroatoms. The first kappa shape index (κ1) is 19.1. The highest BCUT2D eigenvalue weighted by atomic mass is 19.3. The molecule has 3 aromatic rings. The molecule has 0 amide bonds. The molecular formula is C22H21F3O2. The van der Waals surface area contributed by atoms with Crippen molar-refractivity contribution in [3.8, 4) is 11.5 Å². The predicted octanol–water partition coefficient (Wildman–Crippen LogP) is 6.46. The molecule has 0 N–H and O–H groups in total. The Balaban J connectivity index is 1.85. The number of aryl methyl sites for hydroxylation is 1. The lowest BCUT2D eigenvalue weighted by molar-refractivity contribution is -0.185. The molecule has 0 aliphatic rings. The zero-order chi connectivity index (χ0) is 19.4. The molecule has 0 saturated carbocycles. The fourth-order valence-electron chi connectivity index (χ4n) is 2.94. The van der Waals surface area contributed by atoms with Crippen molar-refractivity contribution in [3.05, 3.63) is 71.5 Å². The first-order chi connectivity index (χ1) is 12.9. The van der Waals surface area contributed by atoms with E-state index in [0.717, 1.165) is 11.8 Å². The summed E-state index contributed by atoms with van der Waals surface area (Å²) in [5.74, 6) is 0.157. The summed E-state index contributed by atoms with van der Waals surface area (Å²) in [6.07, 6.45) is -2.05. The number of rotatable bonds is 7. The predicted molar refractivity (Wildman–Crippen MR) is 100 cm³/mol. The Hall–Kier alpha value is -2.69. The van der Waals surface area contributed by atoms with E-state index in [1.807, 2.05) is 13.8 Å². The van der Waals surface area contributed by atoms with Crippen LogP contribution in [0.15, 0.2) is 54.6 Å². The number of alkyl halides is 2. The molecule has 0 heterocycles. The topological polar surface area (TPSA) is 18.5 Å². The average molecular weight is 374 g/mol. The summed E-state index contributed by atoms with van der Waals surface area (Å²) in [5, 5.41) is 1.31. The van der Waals surface area contributed by atoms with Crippen LogP contribution in [-0.2, 0) is 12.5 Å². The second kappa shape index (κ2) is 7.91. The van der Waals surface area contributed by atoms with Crippen LogP contribution in [0.25, 0.3) is 10.8 Å². The second-order valence-electron chi connectivity index (χ2n) is 6.28.